The number of anilines is 1. The number of rotatable bonds is 3. The van der Waals surface area contributed by atoms with Gasteiger partial charge in [-0.25, -0.2) is 8.42 Å². The fourth-order valence-electron chi connectivity index (χ4n) is 3.73. The number of nitrogens with zero attached hydrogens (tertiary/aromatic N) is 2. The van der Waals surface area contributed by atoms with Gasteiger partial charge in [0.05, 0.1) is 25.1 Å². The largest absolute Gasteiger partial charge is 0.370 e. The van der Waals surface area contributed by atoms with Gasteiger partial charge in [-0.15, -0.1) is 0 Å². The maximum atomic E-state index is 13.0. The van der Waals surface area contributed by atoms with E-state index in [9.17, 15) is 13.2 Å². The predicted octanol–water partition coefficient (Wildman–Crippen LogP) is 2.22. The summed E-state index contributed by atoms with van der Waals surface area (Å²) in [7, 11) is -3.29. The van der Waals surface area contributed by atoms with Gasteiger partial charge in [0.15, 0.2) is 0 Å². The van der Waals surface area contributed by atoms with Crippen molar-refractivity contribution in [1.29, 1.82) is 0 Å². The van der Waals surface area contributed by atoms with E-state index in [1.807, 2.05) is 41.3 Å². The van der Waals surface area contributed by atoms with Crippen LogP contribution in [0.5, 0.6) is 0 Å². The average molecular weight is 386 g/mol. The van der Waals surface area contributed by atoms with Crippen LogP contribution in [0.3, 0.4) is 0 Å². The van der Waals surface area contributed by atoms with Gasteiger partial charge in [-0.2, -0.15) is 0 Å². The molecule has 0 N–H and O–H groups in total. The summed E-state index contributed by atoms with van der Waals surface area (Å²) in [6, 6.07) is 15.2. The summed E-state index contributed by atoms with van der Waals surface area (Å²) in [5.41, 5.74) is 3.24. The van der Waals surface area contributed by atoms with Crippen molar-refractivity contribution < 1.29 is 17.9 Å². The lowest BCUT2D eigenvalue weighted by molar-refractivity contribution is -0.0228. The quantitative estimate of drug-likeness (QED) is 0.811. The number of fused-ring (bicyclic) bond motifs is 1. The zero-order valence-electron chi connectivity index (χ0n) is 15.2. The first-order chi connectivity index (χ1) is 12.9. The van der Waals surface area contributed by atoms with Crippen LogP contribution in [0.1, 0.15) is 27.6 Å². The van der Waals surface area contributed by atoms with Crippen LogP contribution >= 0.6 is 0 Å². The van der Waals surface area contributed by atoms with Gasteiger partial charge in [-0.3, -0.25) is 9.10 Å². The molecule has 1 fully saturated rings. The maximum Gasteiger partial charge on any atom is 0.254 e. The summed E-state index contributed by atoms with van der Waals surface area (Å²) in [6.07, 6.45) is 1.71. The molecule has 4 rings (SSSR count). The lowest BCUT2D eigenvalue weighted by atomic mass is 10.1. The van der Waals surface area contributed by atoms with Crippen molar-refractivity contribution in [2.24, 2.45) is 0 Å². The molecule has 0 aliphatic carbocycles. The molecule has 0 radical (unpaired) electrons. The highest BCUT2D eigenvalue weighted by Gasteiger charge is 2.29. The number of sulfonamides is 1. The van der Waals surface area contributed by atoms with Crippen molar-refractivity contribution in [3.05, 3.63) is 65.2 Å². The Morgan fingerprint density at radius 1 is 1.11 bits per heavy atom. The van der Waals surface area contributed by atoms with E-state index in [-0.39, 0.29) is 12.0 Å². The van der Waals surface area contributed by atoms with E-state index in [4.69, 9.17) is 4.74 Å². The zero-order chi connectivity index (χ0) is 19.0. The summed E-state index contributed by atoms with van der Waals surface area (Å²) in [4.78, 5) is 14.8. The topological polar surface area (TPSA) is 66.9 Å². The van der Waals surface area contributed by atoms with Crippen LogP contribution in [0, 0.1) is 0 Å². The minimum atomic E-state index is -3.29. The van der Waals surface area contributed by atoms with Crippen LogP contribution in [0.2, 0.25) is 0 Å². The van der Waals surface area contributed by atoms with Crippen molar-refractivity contribution in [3.8, 4) is 0 Å². The third-order valence-electron chi connectivity index (χ3n) is 5.10. The fraction of sp³-hybridized carbons (Fsp3) is 0.350. The number of ether oxygens (including phenoxy) is 1. The number of carbonyl (C=O) groups is 1. The zero-order valence-corrected chi connectivity index (χ0v) is 16.0. The fourth-order valence-corrected chi connectivity index (χ4v) is 4.69. The second-order valence-electron chi connectivity index (χ2n) is 6.95. The molecule has 2 aliphatic heterocycles. The molecular formula is C20H22N2O4S. The van der Waals surface area contributed by atoms with Gasteiger partial charge >= 0.3 is 0 Å². The van der Waals surface area contributed by atoms with E-state index in [0.717, 1.165) is 11.1 Å². The molecule has 142 valence electrons. The van der Waals surface area contributed by atoms with Gasteiger partial charge in [0.25, 0.3) is 5.91 Å². The Balaban J connectivity index is 1.53. The number of amides is 1. The van der Waals surface area contributed by atoms with Gasteiger partial charge in [0.2, 0.25) is 10.0 Å². The molecule has 0 spiro atoms. The van der Waals surface area contributed by atoms with Gasteiger partial charge in [-0.1, -0.05) is 30.3 Å². The minimum Gasteiger partial charge on any atom is -0.370 e. The van der Waals surface area contributed by atoms with E-state index < -0.39 is 10.0 Å². The molecule has 27 heavy (non-hydrogen) atoms. The molecule has 0 bridgehead atoms. The van der Waals surface area contributed by atoms with Crippen LogP contribution in [0.4, 0.5) is 5.69 Å². The molecule has 2 aliphatic rings. The highest BCUT2D eigenvalue weighted by molar-refractivity contribution is 7.92. The summed E-state index contributed by atoms with van der Waals surface area (Å²) < 4.78 is 31.0. The first kappa shape index (κ1) is 18.0. The Morgan fingerprint density at radius 2 is 1.89 bits per heavy atom. The van der Waals surface area contributed by atoms with Crippen molar-refractivity contribution in [3.63, 3.8) is 0 Å². The SMILES string of the molecule is CS(=O)(=O)N1CCc2cc(C(=O)N3CCOC(c4ccccc4)C3)ccc21. The van der Waals surface area contributed by atoms with Gasteiger partial charge < -0.3 is 9.64 Å². The van der Waals surface area contributed by atoms with E-state index in [0.29, 0.717) is 43.9 Å². The lowest BCUT2D eigenvalue weighted by Gasteiger charge is -2.33. The Bertz CT molecular complexity index is 959. The third kappa shape index (κ3) is 3.57. The molecule has 1 saturated heterocycles. The van der Waals surface area contributed by atoms with Crippen LogP contribution < -0.4 is 4.31 Å². The van der Waals surface area contributed by atoms with E-state index in [2.05, 4.69) is 0 Å². The summed E-state index contributed by atoms with van der Waals surface area (Å²) in [5, 5.41) is 0. The Kier molecular flexibility index (Phi) is 4.65. The number of morpholine rings is 1. The highest BCUT2D eigenvalue weighted by Crippen LogP contribution is 2.31. The standard InChI is InChI=1S/C20H22N2O4S/c1-27(24,25)22-10-9-16-13-17(7-8-18(16)22)20(23)21-11-12-26-19(14-21)15-5-3-2-4-6-15/h2-8,13,19H,9-12,14H2,1H3. The van der Waals surface area contributed by atoms with Gasteiger partial charge in [-0.05, 0) is 35.7 Å². The number of benzene rings is 2. The lowest BCUT2D eigenvalue weighted by Crippen LogP contribution is -2.42. The molecule has 2 heterocycles. The minimum absolute atomic E-state index is 0.0418. The molecule has 0 saturated carbocycles. The summed E-state index contributed by atoms with van der Waals surface area (Å²) >= 11 is 0. The number of hydrogen-bond acceptors (Lipinski definition) is 4. The Morgan fingerprint density at radius 3 is 2.63 bits per heavy atom. The van der Waals surface area contributed by atoms with Crippen molar-refractivity contribution in [2.75, 3.05) is 36.8 Å². The van der Waals surface area contributed by atoms with Crippen molar-refractivity contribution >= 4 is 21.6 Å². The normalized spacial score (nSPS) is 19.8. The van der Waals surface area contributed by atoms with E-state index >= 15 is 0 Å². The third-order valence-corrected chi connectivity index (χ3v) is 6.28. The smallest absolute Gasteiger partial charge is 0.254 e. The molecule has 7 heteroatoms. The molecule has 2 aromatic carbocycles. The second-order valence-corrected chi connectivity index (χ2v) is 8.86. The van der Waals surface area contributed by atoms with Crippen LogP contribution in [0.25, 0.3) is 0 Å². The number of carbonyl (C=O) groups excluding carboxylic acids is 1. The van der Waals surface area contributed by atoms with Crippen molar-refractivity contribution in [1.82, 2.24) is 4.90 Å². The van der Waals surface area contributed by atoms with Crippen LogP contribution in [-0.4, -0.2) is 51.7 Å². The van der Waals surface area contributed by atoms with Crippen LogP contribution in [0.15, 0.2) is 48.5 Å². The summed E-state index contributed by atoms with van der Waals surface area (Å²) in [6.45, 7) is 1.99. The molecule has 6 nitrogen and oxygen atoms in total. The van der Waals surface area contributed by atoms with Crippen LogP contribution in [-0.2, 0) is 21.2 Å². The second kappa shape index (κ2) is 6.98. The van der Waals surface area contributed by atoms with Gasteiger partial charge in [0, 0.05) is 18.7 Å². The summed E-state index contributed by atoms with van der Waals surface area (Å²) in [5.74, 6) is -0.0418. The van der Waals surface area contributed by atoms with E-state index in [1.54, 1.807) is 12.1 Å². The van der Waals surface area contributed by atoms with Crippen molar-refractivity contribution in [2.45, 2.75) is 12.5 Å². The maximum absolute atomic E-state index is 13.0. The molecular weight excluding hydrogens is 364 g/mol. The average Bonchev–Trinajstić information content (AvgIpc) is 3.12. The Labute approximate surface area is 159 Å². The first-order valence-corrected chi connectivity index (χ1v) is 10.8. The van der Waals surface area contributed by atoms with Gasteiger partial charge in [0.1, 0.15) is 6.10 Å². The Hall–Kier alpha value is -2.38. The van der Waals surface area contributed by atoms with E-state index in [1.165, 1.54) is 10.6 Å². The molecule has 1 unspecified atom stereocenters. The number of hydrogen-bond donors (Lipinski definition) is 0. The molecule has 1 atom stereocenters. The first-order valence-electron chi connectivity index (χ1n) is 9.00. The monoisotopic (exact) mass is 386 g/mol. The highest BCUT2D eigenvalue weighted by atomic mass is 32.2. The molecule has 0 aromatic heterocycles. The predicted molar refractivity (Wildman–Crippen MR) is 103 cm³/mol. The molecule has 2 aromatic rings. The molecule has 1 amide bonds.